The number of rotatable bonds is 21. The molecule has 7 rings (SSSR count). The van der Waals surface area contributed by atoms with E-state index in [-0.39, 0.29) is 36.2 Å². The van der Waals surface area contributed by atoms with Crippen LogP contribution in [0.1, 0.15) is 117 Å². The second-order valence-electron chi connectivity index (χ2n) is 23.5. The summed E-state index contributed by atoms with van der Waals surface area (Å²) in [4.78, 5) is 62.9. The van der Waals surface area contributed by atoms with Crippen LogP contribution in [0.15, 0.2) is 79.0 Å². The minimum Gasteiger partial charge on any atom is -0.543 e. The summed E-state index contributed by atoms with van der Waals surface area (Å²) >= 11 is 0. The number of esters is 1. The maximum atomic E-state index is 16.1. The largest absolute Gasteiger partial charge is 0.543 e. The molecule has 2 aromatic heterocycles. The molecule has 3 atom stereocenters. The van der Waals surface area contributed by atoms with Crippen molar-refractivity contribution in [1.82, 2.24) is 30.2 Å². The van der Waals surface area contributed by atoms with Gasteiger partial charge < -0.3 is 48.2 Å². The van der Waals surface area contributed by atoms with E-state index in [1.54, 1.807) is 39.0 Å². The molecule has 4 heterocycles. The van der Waals surface area contributed by atoms with E-state index in [0.717, 1.165) is 11.3 Å². The summed E-state index contributed by atoms with van der Waals surface area (Å²) in [7, 11) is 0.220. The van der Waals surface area contributed by atoms with Gasteiger partial charge in [0.2, 0.25) is 0 Å². The Hall–Kier alpha value is -6.61. The molecule has 2 saturated heterocycles. The fourth-order valence-electron chi connectivity index (χ4n) is 11.8. The summed E-state index contributed by atoms with van der Waals surface area (Å²) in [5.41, 5.74) is 8.90. The number of aliphatic hydroxyl groups is 1. The van der Waals surface area contributed by atoms with Crippen LogP contribution in [0.25, 0.3) is 33.3 Å². The summed E-state index contributed by atoms with van der Waals surface area (Å²) in [5, 5.41) is 14.9. The number of ether oxygens (including phenoxy) is 4. The van der Waals surface area contributed by atoms with Crippen LogP contribution in [0.5, 0.6) is 5.75 Å². The Balaban J connectivity index is 1.36. The number of nitrogens with one attached hydrogen (secondary N) is 2. The Bertz CT molecular complexity index is 3010. The van der Waals surface area contributed by atoms with Crippen molar-refractivity contribution in [2.45, 2.75) is 161 Å². The van der Waals surface area contributed by atoms with E-state index in [0.29, 0.717) is 101 Å². The first-order chi connectivity index (χ1) is 38.8. The van der Waals surface area contributed by atoms with Crippen molar-refractivity contribution >= 4 is 49.0 Å². The molecule has 3 aromatic carbocycles. The van der Waals surface area contributed by atoms with E-state index in [4.69, 9.17) is 28.4 Å². The first-order valence-corrected chi connectivity index (χ1v) is 30.8. The fraction of sp³-hybridized carbons (Fsp3) is 0.532. The Labute approximate surface area is 483 Å². The number of anilines is 1. The highest BCUT2D eigenvalue weighted by Gasteiger charge is 2.47. The third-order valence-corrected chi connectivity index (χ3v) is 21.8. The lowest BCUT2D eigenvalue weighted by Crippen LogP contribution is -2.60. The number of alkyl halides is 2. The molecule has 0 aliphatic carbocycles. The predicted molar refractivity (Wildman–Crippen MR) is 316 cm³/mol. The molecule has 0 spiro atoms. The van der Waals surface area contributed by atoms with Crippen molar-refractivity contribution < 1.29 is 56.4 Å². The van der Waals surface area contributed by atoms with Gasteiger partial charge in [-0.1, -0.05) is 84.0 Å². The highest BCUT2D eigenvalue weighted by atomic mass is 28.4. The zero-order valence-corrected chi connectivity index (χ0v) is 51.1. The predicted octanol–water partition coefficient (Wildman–Crippen LogP) is 11.4. The van der Waals surface area contributed by atoms with E-state index in [9.17, 15) is 24.3 Å². The van der Waals surface area contributed by atoms with Crippen molar-refractivity contribution in [3.8, 4) is 28.1 Å². The van der Waals surface area contributed by atoms with Gasteiger partial charge in [-0.25, -0.2) is 23.8 Å². The standard InChI is InChI=1S/C62H85F2N7O10Si/c1-14-70-54-23-22-45(33-49(54)51(35-62(63,64)38-72)56(70)50-34-47(36-65-55(50)42(8)77-12)68-25-27-69(28-26-68)60(76)79-37-43-19-16-15-17-20-43)46-29-44(30-48(32-46)81-82(39(2)3,40(4)5)41(6)7)31-53(66-59(75)80-61(9,10)11)57(73)71-24-18-21-52(67-71)58(74)78-13/h15-17,19-20,22-23,29-30,32-34,36,39-42,52-53,67,72H,14,18,21,24-28,31,35,37-38H2,1-13H3,(H,66,75)/t42-,52-,53-/m0/s1. The smallest absolute Gasteiger partial charge is 0.410 e. The summed E-state index contributed by atoms with van der Waals surface area (Å²) < 4.78 is 63.9. The third kappa shape index (κ3) is 14.6. The molecule has 3 amide bonds. The topological polar surface area (TPSA) is 186 Å². The van der Waals surface area contributed by atoms with Crippen molar-refractivity contribution in [3.05, 3.63) is 101 Å². The number of amides is 3. The van der Waals surface area contributed by atoms with Gasteiger partial charge in [0, 0.05) is 75.7 Å². The molecule has 2 fully saturated rings. The van der Waals surface area contributed by atoms with Gasteiger partial charge in [0.15, 0.2) is 0 Å². The zero-order chi connectivity index (χ0) is 59.8. The molecular formula is C62H85F2N7O10Si. The number of nitrogens with zero attached hydrogens (tertiary/aromatic N) is 5. The number of aryl methyl sites for hydroxylation is 1. The number of benzene rings is 3. The minimum atomic E-state index is -3.52. The Morgan fingerprint density at radius 1 is 0.854 bits per heavy atom. The maximum absolute atomic E-state index is 16.1. The number of carbonyl (C=O) groups excluding carboxylic acids is 4. The van der Waals surface area contributed by atoms with E-state index >= 15 is 8.78 Å². The number of piperazine rings is 1. The monoisotopic (exact) mass is 1150 g/mol. The normalized spacial score (nSPS) is 16.2. The Morgan fingerprint density at radius 2 is 1.54 bits per heavy atom. The number of alkyl carbamates (subject to hydrolysis) is 1. The molecular weight excluding hydrogens is 1070 g/mol. The van der Waals surface area contributed by atoms with E-state index in [1.807, 2.05) is 91.2 Å². The number of hydrogen-bond donors (Lipinski definition) is 3. The molecule has 2 aliphatic heterocycles. The van der Waals surface area contributed by atoms with Gasteiger partial charge >= 0.3 is 18.2 Å². The molecule has 0 bridgehead atoms. The zero-order valence-electron chi connectivity index (χ0n) is 50.1. The van der Waals surface area contributed by atoms with Gasteiger partial charge in [0.05, 0.1) is 36.5 Å². The Morgan fingerprint density at radius 3 is 2.15 bits per heavy atom. The van der Waals surface area contributed by atoms with Crippen LogP contribution < -0.4 is 20.1 Å². The van der Waals surface area contributed by atoms with Gasteiger partial charge in [0.1, 0.15) is 36.6 Å². The van der Waals surface area contributed by atoms with Crippen LogP contribution in [0, 0.1) is 0 Å². The summed E-state index contributed by atoms with van der Waals surface area (Å²) in [5.74, 6) is -3.97. The number of hydrazine groups is 1. The summed E-state index contributed by atoms with van der Waals surface area (Å²) in [6, 6.07) is 21.0. The van der Waals surface area contributed by atoms with Gasteiger partial charge in [-0.2, -0.15) is 0 Å². The number of pyridine rings is 1. The number of methoxy groups -OCH3 is 2. The van der Waals surface area contributed by atoms with Crippen molar-refractivity contribution in [2.75, 3.05) is 58.5 Å². The highest BCUT2D eigenvalue weighted by molar-refractivity contribution is 6.78. The van der Waals surface area contributed by atoms with Crippen LogP contribution in [-0.2, 0) is 54.5 Å². The number of carbonyl (C=O) groups is 4. The van der Waals surface area contributed by atoms with Crippen LogP contribution in [0.2, 0.25) is 16.6 Å². The number of hydrogen-bond acceptors (Lipinski definition) is 13. The van der Waals surface area contributed by atoms with E-state index in [1.165, 1.54) is 12.1 Å². The SMILES string of the molecule is CCn1c(-c2cc(N3CCN(C(=O)OCc4ccccc4)CC3)cnc2[C@H](C)OC)c(CC(F)(F)CO)c2cc(-c3cc(C[C@H](NC(=O)OC(C)(C)C)C(=O)N4CCC[C@@H](C(=O)OC)N4)cc(O[Si](C(C)C)(C(C)C)C(C)C)c3)ccc21. The molecule has 5 aromatic rings. The van der Waals surface area contributed by atoms with Crippen LogP contribution >= 0.6 is 0 Å². The molecule has 20 heteroatoms. The average Bonchev–Trinajstić information content (AvgIpc) is 2.45. The number of aliphatic hydroxyl groups excluding tert-OH is 1. The Kier molecular flexibility index (Phi) is 20.5. The third-order valence-electron chi connectivity index (χ3n) is 15.8. The van der Waals surface area contributed by atoms with Crippen LogP contribution in [0.4, 0.5) is 24.1 Å². The molecule has 0 radical (unpaired) electrons. The molecule has 0 saturated carbocycles. The highest BCUT2D eigenvalue weighted by Crippen LogP contribution is 2.46. The van der Waals surface area contributed by atoms with Gasteiger partial charge in [-0.05, 0) is 122 Å². The van der Waals surface area contributed by atoms with E-state index in [2.05, 4.69) is 57.2 Å². The minimum absolute atomic E-state index is 0.0211. The van der Waals surface area contributed by atoms with Crippen LogP contribution in [-0.4, -0.2) is 134 Å². The van der Waals surface area contributed by atoms with Crippen molar-refractivity contribution in [2.24, 2.45) is 0 Å². The van der Waals surface area contributed by atoms with Crippen molar-refractivity contribution in [1.29, 1.82) is 0 Å². The average molecular weight is 1150 g/mol. The molecule has 446 valence electrons. The molecule has 3 N–H and O–H groups in total. The fourth-order valence-corrected chi connectivity index (χ4v) is 17.1. The van der Waals surface area contributed by atoms with Crippen molar-refractivity contribution in [3.63, 3.8) is 0 Å². The number of fused-ring (bicyclic) bond motifs is 1. The summed E-state index contributed by atoms with van der Waals surface area (Å²) in [6.07, 6.45) is 0.129. The lowest BCUT2D eigenvalue weighted by molar-refractivity contribution is -0.150. The van der Waals surface area contributed by atoms with Gasteiger partial charge in [0.25, 0.3) is 20.1 Å². The number of halogens is 2. The first-order valence-electron chi connectivity index (χ1n) is 28.7. The second kappa shape index (κ2) is 26.7. The first kappa shape index (κ1) is 63.0. The second-order valence-corrected chi connectivity index (χ2v) is 28.9. The quantitative estimate of drug-likeness (QED) is 0.0358. The van der Waals surface area contributed by atoms with Gasteiger partial charge in [-0.3, -0.25) is 19.6 Å². The molecule has 17 nitrogen and oxygen atoms in total. The van der Waals surface area contributed by atoms with E-state index < -0.39 is 75.1 Å². The number of aromatic nitrogens is 2. The van der Waals surface area contributed by atoms with Crippen LogP contribution in [0.3, 0.4) is 0 Å². The summed E-state index contributed by atoms with van der Waals surface area (Å²) in [6.45, 7) is 23.3. The molecule has 82 heavy (non-hydrogen) atoms. The molecule has 2 aliphatic rings. The van der Waals surface area contributed by atoms with Gasteiger partial charge in [-0.15, -0.1) is 0 Å². The lowest BCUT2D eigenvalue weighted by atomic mass is 9.94. The maximum Gasteiger partial charge on any atom is 0.410 e. The lowest BCUT2D eigenvalue weighted by Gasteiger charge is -2.42. The molecule has 0 unspecified atom stereocenters.